The number of ether oxygens (including phenoxy) is 1. The van der Waals surface area contributed by atoms with Crippen LogP contribution in [0.15, 0.2) is 47.4 Å². The van der Waals surface area contributed by atoms with Crippen LogP contribution < -0.4 is 15.4 Å². The molecule has 1 amide bonds. The fourth-order valence-corrected chi connectivity index (χ4v) is 5.40. The standard InChI is InChI=1S/C19H22IN3O4S/c1-13-12-21-9-10-23(13)28(25,26)16-6-4-15(5-7-16)22-19(24)14-3-8-18(27-2)17(20)11-14/h3-8,11,13,21H,9-10,12H2,1-2H3,(H,22,24). The number of piperazine rings is 1. The monoisotopic (exact) mass is 515 g/mol. The molecule has 3 rings (SSSR count). The Kier molecular flexibility index (Phi) is 6.58. The SMILES string of the molecule is COc1ccc(C(=O)Nc2ccc(S(=O)(=O)N3CCNCC3C)cc2)cc1I. The largest absolute Gasteiger partial charge is 0.496 e. The molecule has 28 heavy (non-hydrogen) atoms. The highest BCUT2D eigenvalue weighted by Gasteiger charge is 2.30. The molecule has 0 bridgehead atoms. The molecule has 9 heteroatoms. The van der Waals surface area contributed by atoms with Crippen molar-refractivity contribution in [2.75, 3.05) is 32.1 Å². The first-order chi connectivity index (χ1) is 13.3. The first kappa shape index (κ1) is 21.0. The second-order valence-corrected chi connectivity index (χ2v) is 9.55. The van der Waals surface area contributed by atoms with Crippen molar-refractivity contribution < 1.29 is 17.9 Å². The Bertz CT molecular complexity index is 964. The maximum Gasteiger partial charge on any atom is 0.255 e. The van der Waals surface area contributed by atoms with E-state index in [0.717, 1.165) is 3.57 Å². The zero-order valence-corrected chi connectivity index (χ0v) is 18.6. The van der Waals surface area contributed by atoms with Crippen LogP contribution >= 0.6 is 22.6 Å². The molecule has 1 aliphatic heterocycles. The van der Waals surface area contributed by atoms with Crippen molar-refractivity contribution in [2.45, 2.75) is 17.9 Å². The average molecular weight is 515 g/mol. The van der Waals surface area contributed by atoms with Gasteiger partial charge in [-0.1, -0.05) is 0 Å². The van der Waals surface area contributed by atoms with Gasteiger partial charge in [-0.05, 0) is 72.0 Å². The van der Waals surface area contributed by atoms with E-state index < -0.39 is 10.0 Å². The molecule has 0 radical (unpaired) electrons. The number of halogens is 1. The number of amides is 1. The van der Waals surface area contributed by atoms with E-state index in [9.17, 15) is 13.2 Å². The van der Waals surface area contributed by atoms with E-state index in [1.807, 2.05) is 6.92 Å². The quantitative estimate of drug-likeness (QED) is 0.598. The van der Waals surface area contributed by atoms with Crippen molar-refractivity contribution in [1.82, 2.24) is 9.62 Å². The number of rotatable bonds is 5. The number of sulfonamides is 1. The van der Waals surface area contributed by atoms with Crippen LogP contribution in [0, 0.1) is 3.57 Å². The lowest BCUT2D eigenvalue weighted by atomic mass is 10.2. The summed E-state index contributed by atoms with van der Waals surface area (Å²) < 4.78 is 33.2. The predicted octanol–water partition coefficient (Wildman–Crippen LogP) is 2.53. The lowest BCUT2D eigenvalue weighted by molar-refractivity contribution is 0.102. The molecule has 1 saturated heterocycles. The van der Waals surface area contributed by atoms with E-state index in [0.29, 0.717) is 36.6 Å². The fraction of sp³-hybridized carbons (Fsp3) is 0.316. The van der Waals surface area contributed by atoms with Crippen LogP contribution in [0.3, 0.4) is 0 Å². The Morgan fingerprint density at radius 1 is 1.25 bits per heavy atom. The van der Waals surface area contributed by atoms with Crippen molar-refractivity contribution >= 4 is 44.2 Å². The van der Waals surface area contributed by atoms with Gasteiger partial charge in [0.05, 0.1) is 15.6 Å². The number of hydrogen-bond acceptors (Lipinski definition) is 5. The summed E-state index contributed by atoms with van der Waals surface area (Å²) in [6.45, 7) is 3.60. The molecule has 1 atom stereocenters. The number of carbonyl (C=O) groups excluding carboxylic acids is 1. The van der Waals surface area contributed by atoms with Crippen LogP contribution in [0.1, 0.15) is 17.3 Å². The Labute approximate surface area is 178 Å². The van der Waals surface area contributed by atoms with Crippen LogP contribution in [0.5, 0.6) is 5.75 Å². The fourth-order valence-electron chi connectivity index (χ4n) is 3.04. The number of carbonyl (C=O) groups is 1. The van der Waals surface area contributed by atoms with Crippen LogP contribution in [0.4, 0.5) is 5.69 Å². The highest BCUT2D eigenvalue weighted by atomic mass is 127. The minimum Gasteiger partial charge on any atom is -0.496 e. The van der Waals surface area contributed by atoms with Crippen molar-refractivity contribution in [3.05, 3.63) is 51.6 Å². The summed E-state index contributed by atoms with van der Waals surface area (Å²) in [5, 5.41) is 5.97. The van der Waals surface area contributed by atoms with Crippen LogP contribution in [-0.2, 0) is 10.0 Å². The highest BCUT2D eigenvalue weighted by Crippen LogP contribution is 2.24. The molecule has 1 fully saturated rings. The zero-order chi connectivity index (χ0) is 20.3. The Balaban J connectivity index is 1.74. The van der Waals surface area contributed by atoms with Gasteiger partial charge in [0.1, 0.15) is 5.75 Å². The Hall–Kier alpha value is -1.69. The van der Waals surface area contributed by atoms with Gasteiger partial charge in [0.25, 0.3) is 5.91 Å². The average Bonchev–Trinajstić information content (AvgIpc) is 2.68. The van der Waals surface area contributed by atoms with Crippen LogP contribution in [0.2, 0.25) is 0 Å². The van der Waals surface area contributed by atoms with E-state index in [4.69, 9.17) is 4.74 Å². The second-order valence-electron chi connectivity index (χ2n) is 6.50. The lowest BCUT2D eigenvalue weighted by Crippen LogP contribution is -2.52. The van der Waals surface area contributed by atoms with E-state index in [-0.39, 0.29) is 16.8 Å². The van der Waals surface area contributed by atoms with Crippen LogP contribution in [0.25, 0.3) is 0 Å². The number of methoxy groups -OCH3 is 1. The van der Waals surface area contributed by atoms with Gasteiger partial charge in [-0.15, -0.1) is 0 Å². The number of nitrogens with zero attached hydrogens (tertiary/aromatic N) is 1. The molecule has 150 valence electrons. The third-order valence-electron chi connectivity index (χ3n) is 4.57. The van der Waals surface area contributed by atoms with Gasteiger partial charge in [-0.2, -0.15) is 4.31 Å². The molecular formula is C19H22IN3O4S. The zero-order valence-electron chi connectivity index (χ0n) is 15.6. The molecule has 1 heterocycles. The molecule has 0 aromatic heterocycles. The van der Waals surface area contributed by atoms with Crippen molar-refractivity contribution in [3.8, 4) is 5.75 Å². The summed E-state index contributed by atoms with van der Waals surface area (Å²) in [7, 11) is -1.98. The summed E-state index contributed by atoms with van der Waals surface area (Å²) >= 11 is 2.11. The number of nitrogens with one attached hydrogen (secondary N) is 2. The normalized spacial score (nSPS) is 17.9. The molecule has 0 saturated carbocycles. The van der Waals surface area contributed by atoms with E-state index in [1.54, 1.807) is 37.4 Å². The maximum atomic E-state index is 12.8. The first-order valence-electron chi connectivity index (χ1n) is 8.80. The smallest absolute Gasteiger partial charge is 0.255 e. The van der Waals surface area contributed by atoms with E-state index in [1.165, 1.54) is 16.4 Å². The Morgan fingerprint density at radius 3 is 2.57 bits per heavy atom. The maximum absolute atomic E-state index is 12.8. The van der Waals surface area contributed by atoms with Crippen molar-refractivity contribution in [3.63, 3.8) is 0 Å². The summed E-state index contributed by atoms with van der Waals surface area (Å²) in [4.78, 5) is 12.7. The Morgan fingerprint density at radius 2 is 1.96 bits per heavy atom. The molecular weight excluding hydrogens is 493 g/mol. The van der Waals surface area contributed by atoms with Crippen molar-refractivity contribution in [1.29, 1.82) is 0 Å². The minimum atomic E-state index is -3.56. The molecule has 2 N–H and O–H groups in total. The van der Waals surface area contributed by atoms with Crippen LogP contribution in [-0.4, -0.2) is 51.4 Å². The van der Waals surface area contributed by atoms with E-state index in [2.05, 4.69) is 33.2 Å². The second kappa shape index (κ2) is 8.76. The third kappa shape index (κ3) is 4.48. The third-order valence-corrected chi connectivity index (χ3v) is 7.44. The molecule has 0 spiro atoms. The van der Waals surface area contributed by atoms with Gasteiger partial charge < -0.3 is 15.4 Å². The van der Waals surface area contributed by atoms with E-state index >= 15 is 0 Å². The lowest BCUT2D eigenvalue weighted by Gasteiger charge is -2.32. The molecule has 7 nitrogen and oxygen atoms in total. The van der Waals surface area contributed by atoms with Gasteiger partial charge >= 0.3 is 0 Å². The number of anilines is 1. The highest BCUT2D eigenvalue weighted by molar-refractivity contribution is 14.1. The van der Waals surface area contributed by atoms with Gasteiger partial charge in [0.15, 0.2) is 0 Å². The molecule has 2 aromatic carbocycles. The predicted molar refractivity (Wildman–Crippen MR) is 116 cm³/mol. The summed E-state index contributed by atoms with van der Waals surface area (Å²) in [6, 6.07) is 11.3. The molecule has 1 aliphatic rings. The van der Waals surface area contributed by atoms with Crippen molar-refractivity contribution in [2.24, 2.45) is 0 Å². The van der Waals surface area contributed by atoms with Gasteiger partial charge in [0.2, 0.25) is 10.0 Å². The molecule has 1 unspecified atom stereocenters. The van der Waals surface area contributed by atoms with Gasteiger partial charge in [-0.25, -0.2) is 8.42 Å². The summed E-state index contributed by atoms with van der Waals surface area (Å²) in [5.41, 5.74) is 1.03. The number of benzene rings is 2. The molecule has 0 aliphatic carbocycles. The number of hydrogen-bond donors (Lipinski definition) is 2. The minimum absolute atomic E-state index is 0.101. The summed E-state index contributed by atoms with van der Waals surface area (Å²) in [6.07, 6.45) is 0. The van der Waals surface area contributed by atoms with Gasteiger partial charge in [-0.3, -0.25) is 4.79 Å². The first-order valence-corrected chi connectivity index (χ1v) is 11.3. The van der Waals surface area contributed by atoms with Gasteiger partial charge in [0, 0.05) is 36.9 Å². The summed E-state index contributed by atoms with van der Waals surface area (Å²) in [5.74, 6) is 0.431. The molecule has 2 aromatic rings. The topological polar surface area (TPSA) is 87.7 Å².